The smallest absolute Gasteiger partial charge is 0.408 e. The van der Waals surface area contributed by atoms with Gasteiger partial charge in [0.05, 0.1) is 6.61 Å². The van der Waals surface area contributed by atoms with E-state index in [1.165, 1.54) is 0 Å². The van der Waals surface area contributed by atoms with E-state index in [0.717, 1.165) is 11.1 Å². The Bertz CT molecular complexity index is 925. The van der Waals surface area contributed by atoms with Crippen molar-refractivity contribution in [3.05, 3.63) is 65.7 Å². The van der Waals surface area contributed by atoms with Crippen molar-refractivity contribution in [3.8, 4) is 5.75 Å². The molecule has 0 saturated heterocycles. The minimum absolute atomic E-state index is 0.130. The van der Waals surface area contributed by atoms with E-state index in [4.69, 9.17) is 15.2 Å². The summed E-state index contributed by atoms with van der Waals surface area (Å²) >= 11 is 0. The normalized spacial score (nSPS) is 12.8. The molecular weight excluding hydrogens is 426 g/mol. The standard InChI is InChI=1S/C24H31N3O6/c1-24(2,3)33-23(31)27-20(14-28)22(30)26-19(21(25)29)13-16-9-11-18(12-10-16)32-15-17-7-5-4-6-8-17/h4-12,19-20,28H,13-15H2,1-3H3,(H2,25,29)(H,26,30)(H,27,31)/t19-,20-/m1/s1. The van der Waals surface area contributed by atoms with Crippen LogP contribution in [0.2, 0.25) is 0 Å². The van der Waals surface area contributed by atoms with Crippen LogP contribution in [0.25, 0.3) is 0 Å². The van der Waals surface area contributed by atoms with Crippen molar-refractivity contribution in [1.82, 2.24) is 10.6 Å². The van der Waals surface area contributed by atoms with Gasteiger partial charge in [0.1, 0.15) is 30.0 Å². The molecule has 0 spiro atoms. The number of alkyl carbamates (subject to hydrolysis) is 1. The Hall–Kier alpha value is -3.59. The van der Waals surface area contributed by atoms with Gasteiger partial charge >= 0.3 is 6.09 Å². The summed E-state index contributed by atoms with van der Waals surface area (Å²) in [4.78, 5) is 36.3. The molecular formula is C24H31N3O6. The predicted molar refractivity (Wildman–Crippen MR) is 122 cm³/mol. The largest absolute Gasteiger partial charge is 0.489 e. The number of rotatable bonds is 10. The van der Waals surface area contributed by atoms with Crippen molar-refractivity contribution < 1.29 is 29.0 Å². The van der Waals surface area contributed by atoms with Crippen LogP contribution in [0.4, 0.5) is 4.79 Å². The van der Waals surface area contributed by atoms with Gasteiger partial charge in [-0.25, -0.2) is 4.79 Å². The molecule has 9 nitrogen and oxygen atoms in total. The molecule has 2 rings (SSSR count). The number of primary amides is 1. The molecule has 178 valence electrons. The molecule has 0 aliphatic carbocycles. The van der Waals surface area contributed by atoms with Crippen LogP contribution in [0.1, 0.15) is 31.9 Å². The van der Waals surface area contributed by atoms with Crippen LogP contribution in [-0.4, -0.2) is 47.3 Å². The maximum atomic E-state index is 12.5. The summed E-state index contributed by atoms with van der Waals surface area (Å²) in [6.45, 7) is 4.75. The minimum Gasteiger partial charge on any atom is -0.489 e. The van der Waals surface area contributed by atoms with E-state index >= 15 is 0 Å². The van der Waals surface area contributed by atoms with Crippen LogP contribution in [0, 0.1) is 0 Å². The molecule has 0 heterocycles. The number of ether oxygens (including phenoxy) is 2. The number of aliphatic hydroxyl groups excluding tert-OH is 1. The lowest BCUT2D eigenvalue weighted by Gasteiger charge is -2.23. The van der Waals surface area contributed by atoms with Gasteiger partial charge in [-0.05, 0) is 44.0 Å². The third kappa shape index (κ3) is 9.20. The van der Waals surface area contributed by atoms with Crippen LogP contribution >= 0.6 is 0 Å². The van der Waals surface area contributed by atoms with Gasteiger partial charge < -0.3 is 30.9 Å². The van der Waals surface area contributed by atoms with Crippen molar-refractivity contribution in [3.63, 3.8) is 0 Å². The first kappa shape index (κ1) is 25.7. The average molecular weight is 458 g/mol. The number of benzene rings is 2. The molecule has 0 radical (unpaired) electrons. The molecule has 0 bridgehead atoms. The van der Waals surface area contributed by atoms with Crippen LogP contribution in [0.15, 0.2) is 54.6 Å². The summed E-state index contributed by atoms with van der Waals surface area (Å²) in [6, 6.07) is 14.5. The lowest BCUT2D eigenvalue weighted by atomic mass is 10.0. The molecule has 2 atom stereocenters. The van der Waals surface area contributed by atoms with Crippen molar-refractivity contribution in [2.75, 3.05) is 6.61 Å². The molecule has 0 aromatic heterocycles. The summed E-state index contributed by atoms with van der Waals surface area (Å²) < 4.78 is 10.8. The Morgan fingerprint density at radius 1 is 0.939 bits per heavy atom. The monoisotopic (exact) mass is 457 g/mol. The first-order valence-corrected chi connectivity index (χ1v) is 10.5. The molecule has 5 N–H and O–H groups in total. The van der Waals surface area contributed by atoms with Crippen molar-refractivity contribution in [2.45, 2.75) is 51.5 Å². The molecule has 0 saturated carbocycles. The molecule has 2 aromatic carbocycles. The highest BCUT2D eigenvalue weighted by atomic mass is 16.6. The van der Waals surface area contributed by atoms with E-state index in [2.05, 4.69) is 10.6 Å². The highest BCUT2D eigenvalue weighted by Gasteiger charge is 2.27. The van der Waals surface area contributed by atoms with E-state index in [1.807, 2.05) is 30.3 Å². The lowest BCUT2D eigenvalue weighted by Crippen LogP contribution is -2.55. The minimum atomic E-state index is -1.30. The molecule has 0 fully saturated rings. The van der Waals surface area contributed by atoms with E-state index in [1.54, 1.807) is 45.0 Å². The van der Waals surface area contributed by atoms with Crippen LogP contribution in [-0.2, 0) is 27.4 Å². The second-order valence-electron chi connectivity index (χ2n) is 8.47. The van der Waals surface area contributed by atoms with Gasteiger partial charge in [-0.2, -0.15) is 0 Å². The van der Waals surface area contributed by atoms with Crippen molar-refractivity contribution in [2.24, 2.45) is 5.73 Å². The SMILES string of the molecule is CC(C)(C)OC(=O)N[C@H](CO)C(=O)N[C@H](Cc1ccc(OCc2ccccc2)cc1)C(N)=O. The summed E-state index contributed by atoms with van der Waals surface area (Å²) in [5, 5.41) is 14.2. The topological polar surface area (TPSA) is 140 Å². The summed E-state index contributed by atoms with van der Waals surface area (Å²) in [5.41, 5.74) is 6.46. The first-order valence-electron chi connectivity index (χ1n) is 10.5. The van der Waals surface area contributed by atoms with Gasteiger partial charge in [-0.3, -0.25) is 9.59 Å². The molecule has 0 unspecified atom stereocenters. The lowest BCUT2D eigenvalue weighted by molar-refractivity contribution is -0.129. The third-order valence-corrected chi connectivity index (χ3v) is 4.46. The summed E-state index contributed by atoms with van der Waals surface area (Å²) in [6.07, 6.45) is -0.733. The highest BCUT2D eigenvalue weighted by Crippen LogP contribution is 2.15. The maximum Gasteiger partial charge on any atom is 0.408 e. The maximum absolute atomic E-state index is 12.5. The van der Waals surface area contributed by atoms with Gasteiger partial charge in [0, 0.05) is 6.42 Å². The van der Waals surface area contributed by atoms with Crippen molar-refractivity contribution in [1.29, 1.82) is 0 Å². The molecule has 0 aliphatic heterocycles. The zero-order chi connectivity index (χ0) is 24.4. The van der Waals surface area contributed by atoms with E-state index in [0.29, 0.717) is 12.4 Å². The number of hydrogen-bond acceptors (Lipinski definition) is 6. The molecule has 3 amide bonds. The summed E-state index contributed by atoms with van der Waals surface area (Å²) in [7, 11) is 0. The van der Waals surface area contributed by atoms with Crippen molar-refractivity contribution >= 4 is 17.9 Å². The number of aliphatic hydroxyl groups is 1. The van der Waals surface area contributed by atoms with Gasteiger partial charge in [0.2, 0.25) is 11.8 Å². The Labute approximate surface area is 193 Å². The number of hydrogen-bond donors (Lipinski definition) is 4. The van der Waals surface area contributed by atoms with E-state index < -0.39 is 42.2 Å². The van der Waals surface area contributed by atoms with Gasteiger partial charge in [-0.1, -0.05) is 42.5 Å². The quantitative estimate of drug-likeness (QED) is 0.428. The van der Waals surface area contributed by atoms with Crippen LogP contribution in [0.3, 0.4) is 0 Å². The fraction of sp³-hybridized carbons (Fsp3) is 0.375. The third-order valence-electron chi connectivity index (χ3n) is 4.46. The van der Waals surface area contributed by atoms with E-state index in [9.17, 15) is 19.5 Å². The first-order chi connectivity index (χ1) is 15.6. The zero-order valence-corrected chi connectivity index (χ0v) is 19.0. The van der Waals surface area contributed by atoms with Gasteiger partial charge in [0.15, 0.2) is 0 Å². The molecule has 2 aromatic rings. The number of carbonyl (C=O) groups excluding carboxylic acids is 3. The number of amides is 3. The number of carbonyl (C=O) groups is 3. The molecule has 0 aliphatic rings. The second-order valence-corrected chi connectivity index (χ2v) is 8.47. The highest BCUT2D eigenvalue weighted by molar-refractivity contribution is 5.91. The Balaban J connectivity index is 1.94. The fourth-order valence-electron chi connectivity index (χ4n) is 2.84. The predicted octanol–water partition coefficient (Wildman–Crippen LogP) is 1.66. The number of nitrogens with one attached hydrogen (secondary N) is 2. The van der Waals surface area contributed by atoms with Gasteiger partial charge in [0.25, 0.3) is 0 Å². The number of nitrogens with two attached hydrogens (primary N) is 1. The van der Waals surface area contributed by atoms with Crippen LogP contribution in [0.5, 0.6) is 5.75 Å². The molecule has 9 heteroatoms. The Morgan fingerprint density at radius 2 is 1.58 bits per heavy atom. The Kier molecular flexibility index (Phi) is 9.23. The summed E-state index contributed by atoms with van der Waals surface area (Å²) in [5.74, 6) is -0.846. The van der Waals surface area contributed by atoms with Gasteiger partial charge in [-0.15, -0.1) is 0 Å². The van der Waals surface area contributed by atoms with E-state index in [-0.39, 0.29) is 6.42 Å². The van der Waals surface area contributed by atoms with Crippen LogP contribution < -0.4 is 21.1 Å². The zero-order valence-electron chi connectivity index (χ0n) is 19.0. The molecule has 33 heavy (non-hydrogen) atoms. The second kappa shape index (κ2) is 11.9. The fourth-order valence-corrected chi connectivity index (χ4v) is 2.84. The Morgan fingerprint density at radius 3 is 2.12 bits per heavy atom. The average Bonchev–Trinajstić information content (AvgIpc) is 2.75.